The number of primary amides is 1. The Morgan fingerprint density at radius 1 is 1.53 bits per heavy atom. The van der Waals surface area contributed by atoms with Crippen molar-refractivity contribution < 1.29 is 4.79 Å². The number of aromatic nitrogens is 1. The Balaban J connectivity index is 2.93. The number of nitrogens with two attached hydrogens (primary N) is 2. The van der Waals surface area contributed by atoms with E-state index in [0.717, 1.165) is 18.7 Å². The van der Waals surface area contributed by atoms with Gasteiger partial charge in [-0.05, 0) is 38.9 Å². The smallest absolute Gasteiger partial charge is 0.267 e. The molecule has 0 radical (unpaired) electrons. The fourth-order valence-corrected chi connectivity index (χ4v) is 1.68. The predicted molar refractivity (Wildman–Crippen MR) is 68.9 cm³/mol. The number of pyridine rings is 1. The van der Waals surface area contributed by atoms with Crippen LogP contribution in [0.3, 0.4) is 0 Å². The number of amides is 1. The van der Waals surface area contributed by atoms with Gasteiger partial charge in [0.2, 0.25) is 0 Å². The van der Waals surface area contributed by atoms with Crippen LogP contribution < -0.4 is 16.4 Å². The highest BCUT2D eigenvalue weighted by Crippen LogP contribution is 2.17. The van der Waals surface area contributed by atoms with Crippen molar-refractivity contribution in [2.45, 2.75) is 26.3 Å². The lowest BCUT2D eigenvalue weighted by atomic mass is 10.2. The van der Waals surface area contributed by atoms with Gasteiger partial charge in [0.05, 0.1) is 0 Å². The van der Waals surface area contributed by atoms with Crippen LogP contribution in [0.15, 0.2) is 18.3 Å². The zero-order valence-electron chi connectivity index (χ0n) is 10.4. The van der Waals surface area contributed by atoms with Gasteiger partial charge < -0.3 is 16.4 Å². The van der Waals surface area contributed by atoms with Crippen molar-refractivity contribution >= 4 is 11.6 Å². The normalized spacial score (nSPS) is 10.6. The van der Waals surface area contributed by atoms with E-state index in [1.165, 1.54) is 0 Å². The number of nitrogens with zero attached hydrogens (tertiary/aromatic N) is 2. The summed E-state index contributed by atoms with van der Waals surface area (Å²) in [5, 5.41) is 0. The average molecular weight is 236 g/mol. The quantitative estimate of drug-likeness (QED) is 0.763. The predicted octanol–water partition coefficient (Wildman–Crippen LogP) is 0.744. The Morgan fingerprint density at radius 3 is 2.76 bits per heavy atom. The largest absolute Gasteiger partial charge is 0.369 e. The second-order valence-electron chi connectivity index (χ2n) is 4.19. The first-order valence-electron chi connectivity index (χ1n) is 5.78. The number of hydrogen-bond donors (Lipinski definition) is 2. The fraction of sp³-hybridized carbons (Fsp3) is 0.500. The SMILES string of the molecule is CC(C)N(CCCN)c1ccnc(C(N)=O)c1. The molecule has 5 heteroatoms. The van der Waals surface area contributed by atoms with Crippen LogP contribution in [0.2, 0.25) is 0 Å². The molecule has 17 heavy (non-hydrogen) atoms. The Labute approximate surface area is 102 Å². The molecule has 0 spiro atoms. The minimum Gasteiger partial charge on any atom is -0.369 e. The van der Waals surface area contributed by atoms with E-state index in [1.54, 1.807) is 12.3 Å². The van der Waals surface area contributed by atoms with E-state index in [4.69, 9.17) is 11.5 Å². The minimum absolute atomic E-state index is 0.292. The van der Waals surface area contributed by atoms with E-state index < -0.39 is 5.91 Å². The molecule has 0 saturated carbocycles. The summed E-state index contributed by atoms with van der Waals surface area (Å²) in [6.07, 6.45) is 2.51. The summed E-state index contributed by atoms with van der Waals surface area (Å²) in [4.78, 5) is 17.2. The van der Waals surface area contributed by atoms with Crippen molar-refractivity contribution in [2.24, 2.45) is 11.5 Å². The molecule has 1 aromatic heterocycles. The van der Waals surface area contributed by atoms with Gasteiger partial charge >= 0.3 is 0 Å². The second kappa shape index (κ2) is 6.20. The number of anilines is 1. The lowest BCUT2D eigenvalue weighted by Gasteiger charge is -2.29. The molecule has 0 bridgehead atoms. The van der Waals surface area contributed by atoms with E-state index in [1.807, 2.05) is 6.07 Å². The fourth-order valence-electron chi connectivity index (χ4n) is 1.68. The summed E-state index contributed by atoms with van der Waals surface area (Å²) >= 11 is 0. The van der Waals surface area contributed by atoms with Crippen molar-refractivity contribution in [1.82, 2.24) is 4.98 Å². The molecular formula is C12H20N4O. The topological polar surface area (TPSA) is 85.2 Å². The molecule has 1 aromatic rings. The maximum atomic E-state index is 11.1. The molecule has 4 N–H and O–H groups in total. The third-order valence-electron chi connectivity index (χ3n) is 2.55. The van der Waals surface area contributed by atoms with Gasteiger partial charge in [-0.1, -0.05) is 0 Å². The lowest BCUT2D eigenvalue weighted by molar-refractivity contribution is 0.0995. The highest BCUT2D eigenvalue weighted by atomic mass is 16.1. The zero-order valence-corrected chi connectivity index (χ0v) is 10.4. The molecule has 0 aromatic carbocycles. The third kappa shape index (κ3) is 3.71. The van der Waals surface area contributed by atoms with Crippen molar-refractivity contribution in [1.29, 1.82) is 0 Å². The first-order valence-corrected chi connectivity index (χ1v) is 5.78. The number of carbonyl (C=O) groups is 1. The molecule has 0 atom stereocenters. The van der Waals surface area contributed by atoms with E-state index in [2.05, 4.69) is 23.7 Å². The molecule has 1 heterocycles. The Kier molecular flexibility index (Phi) is 4.90. The molecule has 1 rings (SSSR count). The van der Waals surface area contributed by atoms with Crippen molar-refractivity contribution in [3.8, 4) is 0 Å². The van der Waals surface area contributed by atoms with E-state index in [9.17, 15) is 4.79 Å². The Morgan fingerprint density at radius 2 is 2.24 bits per heavy atom. The van der Waals surface area contributed by atoms with E-state index in [0.29, 0.717) is 18.3 Å². The van der Waals surface area contributed by atoms with Crippen LogP contribution >= 0.6 is 0 Å². The van der Waals surface area contributed by atoms with Crippen molar-refractivity contribution in [3.05, 3.63) is 24.0 Å². The summed E-state index contributed by atoms with van der Waals surface area (Å²) in [6.45, 7) is 5.70. The van der Waals surface area contributed by atoms with Crippen LogP contribution in [0, 0.1) is 0 Å². The van der Waals surface area contributed by atoms with Gasteiger partial charge in [0.25, 0.3) is 5.91 Å². The minimum atomic E-state index is -0.505. The number of hydrogen-bond acceptors (Lipinski definition) is 4. The molecular weight excluding hydrogens is 216 g/mol. The van der Waals surface area contributed by atoms with Gasteiger partial charge in [0, 0.05) is 24.5 Å². The number of rotatable bonds is 6. The maximum absolute atomic E-state index is 11.1. The monoisotopic (exact) mass is 236 g/mol. The molecule has 0 saturated heterocycles. The maximum Gasteiger partial charge on any atom is 0.267 e. The average Bonchev–Trinajstić information content (AvgIpc) is 2.29. The van der Waals surface area contributed by atoms with Crippen LogP contribution in [0.5, 0.6) is 0 Å². The molecule has 1 amide bonds. The van der Waals surface area contributed by atoms with Crippen LogP contribution in [0.25, 0.3) is 0 Å². The van der Waals surface area contributed by atoms with Crippen molar-refractivity contribution in [3.63, 3.8) is 0 Å². The Bertz CT molecular complexity index is 379. The molecule has 0 aliphatic carbocycles. The molecule has 94 valence electrons. The van der Waals surface area contributed by atoms with Gasteiger partial charge in [-0.3, -0.25) is 9.78 Å². The summed E-state index contributed by atoms with van der Waals surface area (Å²) in [7, 11) is 0. The van der Waals surface area contributed by atoms with Gasteiger partial charge in [-0.2, -0.15) is 0 Å². The molecule has 0 unspecified atom stereocenters. The first kappa shape index (κ1) is 13.4. The highest BCUT2D eigenvalue weighted by molar-refractivity contribution is 5.91. The summed E-state index contributed by atoms with van der Waals surface area (Å²) in [5.41, 5.74) is 12.0. The summed E-state index contributed by atoms with van der Waals surface area (Å²) < 4.78 is 0. The van der Waals surface area contributed by atoms with Crippen molar-refractivity contribution in [2.75, 3.05) is 18.0 Å². The third-order valence-corrected chi connectivity index (χ3v) is 2.55. The molecule has 0 aliphatic heterocycles. The zero-order chi connectivity index (χ0) is 12.8. The van der Waals surface area contributed by atoms with Crippen LogP contribution in [0.4, 0.5) is 5.69 Å². The highest BCUT2D eigenvalue weighted by Gasteiger charge is 2.12. The van der Waals surface area contributed by atoms with Gasteiger partial charge in [-0.25, -0.2) is 0 Å². The number of carbonyl (C=O) groups excluding carboxylic acids is 1. The van der Waals surface area contributed by atoms with Crippen LogP contribution in [-0.4, -0.2) is 30.0 Å². The van der Waals surface area contributed by atoms with Gasteiger partial charge in [0.1, 0.15) is 5.69 Å². The first-order chi connectivity index (χ1) is 8.06. The van der Waals surface area contributed by atoms with Gasteiger partial charge in [-0.15, -0.1) is 0 Å². The molecule has 0 aliphatic rings. The van der Waals surface area contributed by atoms with Crippen LogP contribution in [0.1, 0.15) is 30.8 Å². The lowest BCUT2D eigenvalue weighted by Crippen LogP contribution is -2.33. The summed E-state index contributed by atoms with van der Waals surface area (Å²) in [5.74, 6) is -0.505. The molecule has 0 fully saturated rings. The van der Waals surface area contributed by atoms with Crippen LogP contribution in [-0.2, 0) is 0 Å². The Hall–Kier alpha value is -1.62. The van der Waals surface area contributed by atoms with E-state index in [-0.39, 0.29) is 0 Å². The molecule has 5 nitrogen and oxygen atoms in total. The van der Waals surface area contributed by atoms with E-state index >= 15 is 0 Å². The van der Waals surface area contributed by atoms with Gasteiger partial charge in [0.15, 0.2) is 0 Å². The standard InChI is InChI=1S/C12H20N4O/c1-9(2)16(7-3-5-13)10-4-6-15-11(8-10)12(14)17/h4,6,8-9H,3,5,7,13H2,1-2H3,(H2,14,17). The second-order valence-corrected chi connectivity index (χ2v) is 4.19. The summed E-state index contributed by atoms with van der Waals surface area (Å²) in [6, 6.07) is 3.94.